The lowest BCUT2D eigenvalue weighted by atomic mass is 9.75. The van der Waals surface area contributed by atoms with E-state index >= 15 is 0 Å². The molecule has 0 bridgehead atoms. The predicted octanol–water partition coefficient (Wildman–Crippen LogP) is 4.53. The Morgan fingerprint density at radius 3 is 2.33 bits per heavy atom. The molecule has 2 heterocycles. The lowest BCUT2D eigenvalue weighted by molar-refractivity contribution is 0.0113. The monoisotopic (exact) mass is 414 g/mol. The normalized spacial score (nSPS) is 26.6. The second kappa shape index (κ2) is 9.69. The molecule has 2 atom stereocenters. The van der Waals surface area contributed by atoms with Crippen molar-refractivity contribution >= 4 is 6.03 Å². The summed E-state index contributed by atoms with van der Waals surface area (Å²) in [4.78, 5) is 17.1. The molecule has 0 radical (unpaired) electrons. The van der Waals surface area contributed by atoms with E-state index in [1.807, 2.05) is 12.0 Å². The fourth-order valence-electron chi connectivity index (χ4n) is 5.59. The first-order chi connectivity index (χ1) is 14.6. The van der Waals surface area contributed by atoms with Crippen LogP contribution in [0.5, 0.6) is 0 Å². The first-order valence-corrected chi connectivity index (χ1v) is 11.7. The Kier molecular flexibility index (Phi) is 6.99. The lowest BCUT2D eigenvalue weighted by Gasteiger charge is -2.43. The molecule has 2 saturated heterocycles. The molecule has 5 nitrogen and oxygen atoms in total. The molecule has 2 aliphatic heterocycles. The summed E-state index contributed by atoms with van der Waals surface area (Å²) in [6.45, 7) is 4.18. The van der Waals surface area contributed by atoms with Gasteiger partial charge in [-0.25, -0.2) is 4.79 Å². The van der Waals surface area contributed by atoms with E-state index < -0.39 is 0 Å². The second-order valence-electron chi connectivity index (χ2n) is 9.68. The van der Waals surface area contributed by atoms with E-state index in [0.29, 0.717) is 6.10 Å². The van der Waals surface area contributed by atoms with Crippen LogP contribution in [0.4, 0.5) is 4.79 Å². The molecule has 1 unspecified atom stereocenters. The number of carbonyl (C=O) groups excluding carboxylic acids is 1. The zero-order chi connectivity index (χ0) is 21.0. The number of amides is 2. The van der Waals surface area contributed by atoms with Gasteiger partial charge < -0.3 is 19.3 Å². The van der Waals surface area contributed by atoms with Gasteiger partial charge in [-0.15, -0.1) is 0 Å². The number of carbonyl (C=O) groups is 1. The Bertz CT molecular complexity index is 679. The third kappa shape index (κ3) is 5.00. The molecule has 1 aromatic carbocycles. The zero-order valence-electron chi connectivity index (χ0n) is 18.7. The SMILES string of the molecule is COCC1(CC[C@@H]2CC2c2ccccc2)CCN(C(=O)N2CCC(OC)CC2)CC1. The van der Waals surface area contributed by atoms with E-state index in [0.717, 1.165) is 70.3 Å². The summed E-state index contributed by atoms with van der Waals surface area (Å²) in [6.07, 6.45) is 8.16. The second-order valence-corrected chi connectivity index (χ2v) is 9.68. The van der Waals surface area contributed by atoms with Crippen molar-refractivity contribution in [3.63, 3.8) is 0 Å². The van der Waals surface area contributed by atoms with Crippen LogP contribution in [0.2, 0.25) is 0 Å². The number of likely N-dealkylation sites (tertiary alicyclic amines) is 2. The van der Waals surface area contributed by atoms with Crippen LogP contribution in [-0.4, -0.2) is 68.9 Å². The molecule has 1 aromatic rings. The largest absolute Gasteiger partial charge is 0.384 e. The highest BCUT2D eigenvalue weighted by atomic mass is 16.5. The molecular weight excluding hydrogens is 376 g/mol. The van der Waals surface area contributed by atoms with Gasteiger partial charge in [0.2, 0.25) is 0 Å². The first kappa shape index (κ1) is 21.6. The lowest BCUT2D eigenvalue weighted by Crippen LogP contribution is -2.52. The average molecular weight is 415 g/mol. The number of ether oxygens (including phenoxy) is 2. The van der Waals surface area contributed by atoms with Gasteiger partial charge in [-0.1, -0.05) is 30.3 Å². The minimum Gasteiger partial charge on any atom is -0.384 e. The highest BCUT2D eigenvalue weighted by Crippen LogP contribution is 2.52. The fourth-order valence-corrected chi connectivity index (χ4v) is 5.59. The molecule has 2 amide bonds. The quantitative estimate of drug-likeness (QED) is 0.658. The molecule has 30 heavy (non-hydrogen) atoms. The van der Waals surface area contributed by atoms with Crippen LogP contribution in [0.15, 0.2) is 30.3 Å². The number of benzene rings is 1. The summed E-state index contributed by atoms with van der Waals surface area (Å²) in [6, 6.07) is 11.2. The molecule has 3 aliphatic rings. The van der Waals surface area contributed by atoms with Crippen LogP contribution >= 0.6 is 0 Å². The molecule has 1 aliphatic carbocycles. The molecule has 0 aromatic heterocycles. The molecular formula is C25H38N2O3. The van der Waals surface area contributed by atoms with Gasteiger partial charge in [-0.2, -0.15) is 0 Å². The van der Waals surface area contributed by atoms with E-state index in [1.54, 1.807) is 7.11 Å². The van der Waals surface area contributed by atoms with Crippen molar-refractivity contribution < 1.29 is 14.3 Å². The number of methoxy groups -OCH3 is 2. The van der Waals surface area contributed by atoms with Crippen LogP contribution in [0.3, 0.4) is 0 Å². The number of urea groups is 1. The predicted molar refractivity (Wildman–Crippen MR) is 119 cm³/mol. The summed E-state index contributed by atoms with van der Waals surface area (Å²) in [7, 11) is 3.59. The maximum absolute atomic E-state index is 13.0. The van der Waals surface area contributed by atoms with Crippen LogP contribution < -0.4 is 0 Å². The molecule has 5 heteroatoms. The topological polar surface area (TPSA) is 42.0 Å². The summed E-state index contributed by atoms with van der Waals surface area (Å²) in [5.74, 6) is 1.57. The summed E-state index contributed by atoms with van der Waals surface area (Å²) < 4.78 is 11.1. The van der Waals surface area contributed by atoms with Crippen molar-refractivity contribution in [2.45, 2.75) is 57.0 Å². The van der Waals surface area contributed by atoms with Crippen molar-refractivity contribution in [3.8, 4) is 0 Å². The summed E-state index contributed by atoms with van der Waals surface area (Å²) in [5, 5.41) is 0. The fraction of sp³-hybridized carbons (Fsp3) is 0.720. The van der Waals surface area contributed by atoms with Crippen LogP contribution in [0, 0.1) is 11.3 Å². The molecule has 1 saturated carbocycles. The number of nitrogens with zero attached hydrogens (tertiary/aromatic N) is 2. The van der Waals surface area contributed by atoms with Crippen molar-refractivity contribution in [3.05, 3.63) is 35.9 Å². The van der Waals surface area contributed by atoms with Gasteiger partial charge in [-0.3, -0.25) is 0 Å². The molecule has 166 valence electrons. The van der Waals surface area contributed by atoms with Crippen molar-refractivity contribution in [2.75, 3.05) is 47.0 Å². The van der Waals surface area contributed by atoms with Gasteiger partial charge in [0, 0.05) is 40.4 Å². The Balaban J connectivity index is 1.26. The van der Waals surface area contributed by atoms with Gasteiger partial charge in [0.1, 0.15) is 0 Å². The van der Waals surface area contributed by atoms with E-state index in [-0.39, 0.29) is 11.4 Å². The number of hydrogen-bond donors (Lipinski definition) is 0. The highest BCUT2D eigenvalue weighted by Gasteiger charge is 2.42. The molecule has 0 spiro atoms. The zero-order valence-corrected chi connectivity index (χ0v) is 18.7. The van der Waals surface area contributed by atoms with Crippen molar-refractivity contribution in [1.82, 2.24) is 9.80 Å². The minimum atomic E-state index is 0.224. The van der Waals surface area contributed by atoms with Crippen LogP contribution in [0.1, 0.15) is 56.4 Å². The summed E-state index contributed by atoms with van der Waals surface area (Å²) in [5.41, 5.74) is 1.74. The summed E-state index contributed by atoms with van der Waals surface area (Å²) >= 11 is 0. The van der Waals surface area contributed by atoms with Crippen molar-refractivity contribution in [1.29, 1.82) is 0 Å². The Hall–Kier alpha value is -1.59. The highest BCUT2D eigenvalue weighted by molar-refractivity contribution is 5.74. The van der Waals surface area contributed by atoms with Gasteiger partial charge in [0.15, 0.2) is 0 Å². The third-order valence-electron chi connectivity index (χ3n) is 7.79. The smallest absolute Gasteiger partial charge is 0.320 e. The molecule has 4 rings (SSSR count). The number of piperidine rings is 2. The molecule has 3 fully saturated rings. The van der Waals surface area contributed by atoms with Crippen molar-refractivity contribution in [2.24, 2.45) is 11.3 Å². The average Bonchev–Trinajstić information content (AvgIpc) is 3.59. The van der Waals surface area contributed by atoms with E-state index in [9.17, 15) is 4.79 Å². The van der Waals surface area contributed by atoms with Gasteiger partial charge >= 0.3 is 6.03 Å². The molecule has 0 N–H and O–H groups in total. The van der Waals surface area contributed by atoms with Gasteiger partial charge in [-0.05, 0) is 67.8 Å². The number of hydrogen-bond acceptors (Lipinski definition) is 3. The third-order valence-corrected chi connectivity index (χ3v) is 7.79. The van der Waals surface area contributed by atoms with E-state index in [2.05, 4.69) is 35.2 Å². The standard InChI is InChI=1S/C25H38N2O3/c1-29-19-25(11-8-21-18-23(21)20-6-4-3-5-7-20)12-16-27(17-13-25)24(28)26-14-9-22(30-2)10-15-26/h3-7,21-23H,8-19H2,1-2H3/t21-,23?/m1/s1. The minimum absolute atomic E-state index is 0.224. The van der Waals surface area contributed by atoms with Crippen LogP contribution in [-0.2, 0) is 9.47 Å². The number of rotatable bonds is 7. The van der Waals surface area contributed by atoms with E-state index in [4.69, 9.17) is 9.47 Å². The maximum atomic E-state index is 13.0. The maximum Gasteiger partial charge on any atom is 0.320 e. The van der Waals surface area contributed by atoms with Gasteiger partial charge in [0.05, 0.1) is 12.7 Å². The Morgan fingerprint density at radius 1 is 1.03 bits per heavy atom. The van der Waals surface area contributed by atoms with E-state index in [1.165, 1.54) is 24.8 Å². The van der Waals surface area contributed by atoms with Gasteiger partial charge in [0.25, 0.3) is 0 Å². The first-order valence-electron chi connectivity index (χ1n) is 11.7. The Morgan fingerprint density at radius 2 is 1.70 bits per heavy atom. The van der Waals surface area contributed by atoms with Crippen LogP contribution in [0.25, 0.3) is 0 Å². The Labute approximate surface area is 181 Å².